The van der Waals surface area contributed by atoms with Gasteiger partial charge in [-0.2, -0.15) is 0 Å². The van der Waals surface area contributed by atoms with E-state index in [0.717, 1.165) is 32.0 Å². The van der Waals surface area contributed by atoms with Crippen molar-refractivity contribution in [2.45, 2.75) is 6.92 Å². The molecule has 0 aromatic carbocycles. The Hall–Kier alpha value is -1.34. The molecule has 0 atom stereocenters. The minimum atomic E-state index is -2.88. The Morgan fingerprint density at radius 2 is 2.00 bits per heavy atom. The van der Waals surface area contributed by atoms with Crippen LogP contribution in [0.1, 0.15) is 6.92 Å². The second-order valence-corrected chi connectivity index (χ2v) is 7.45. The maximum absolute atomic E-state index is 11.5. The minimum absolute atomic E-state index is 0.220. The summed E-state index contributed by atoms with van der Waals surface area (Å²) in [5, 5.41) is 0. The molecule has 2 heterocycles. The van der Waals surface area contributed by atoms with Gasteiger partial charge in [-0.15, -0.1) is 0 Å². The molecule has 112 valence electrons. The highest BCUT2D eigenvalue weighted by atomic mass is 32.2. The molecule has 1 aliphatic rings. The Kier molecular flexibility index (Phi) is 4.82. The van der Waals surface area contributed by atoms with Gasteiger partial charge in [-0.05, 0) is 12.1 Å². The summed E-state index contributed by atoms with van der Waals surface area (Å²) in [6, 6.07) is 3.67. The van der Waals surface area contributed by atoms with Crippen molar-refractivity contribution in [3.05, 3.63) is 18.3 Å². The fourth-order valence-electron chi connectivity index (χ4n) is 2.27. The first-order valence-corrected chi connectivity index (χ1v) is 8.72. The zero-order valence-corrected chi connectivity index (χ0v) is 12.6. The van der Waals surface area contributed by atoms with Gasteiger partial charge >= 0.3 is 0 Å². The molecule has 1 aliphatic heterocycles. The maximum atomic E-state index is 11.5. The zero-order chi connectivity index (χ0) is 14.6. The topological polar surface area (TPSA) is 79.5 Å². The lowest BCUT2D eigenvalue weighted by atomic mass is 10.3. The third-order valence-electron chi connectivity index (χ3n) is 3.65. The third kappa shape index (κ3) is 3.83. The summed E-state index contributed by atoms with van der Waals surface area (Å²) in [5.74, 6) is 1.29. The van der Waals surface area contributed by atoms with E-state index in [2.05, 4.69) is 14.8 Å². The fraction of sp³-hybridized carbons (Fsp3) is 0.615. The van der Waals surface area contributed by atoms with Crippen molar-refractivity contribution in [1.82, 2.24) is 9.88 Å². The Morgan fingerprint density at radius 3 is 2.60 bits per heavy atom. The average Bonchev–Trinajstić information content (AvgIpc) is 2.46. The van der Waals surface area contributed by atoms with Crippen LogP contribution in [0.3, 0.4) is 0 Å². The van der Waals surface area contributed by atoms with Crippen molar-refractivity contribution in [2.24, 2.45) is 0 Å². The number of pyridine rings is 1. The third-order valence-corrected chi connectivity index (χ3v) is 5.33. The van der Waals surface area contributed by atoms with Gasteiger partial charge < -0.3 is 10.6 Å². The van der Waals surface area contributed by atoms with Crippen LogP contribution in [0.25, 0.3) is 0 Å². The van der Waals surface area contributed by atoms with Crippen LogP contribution in [0, 0.1) is 0 Å². The molecule has 7 heteroatoms. The first-order chi connectivity index (χ1) is 9.52. The highest BCUT2D eigenvalue weighted by Gasteiger charge is 2.20. The SMILES string of the molecule is CCS(=O)(=O)CCN1CCN(c2ncccc2N)CC1. The number of sulfone groups is 1. The molecule has 20 heavy (non-hydrogen) atoms. The molecule has 0 radical (unpaired) electrons. The standard InChI is InChI=1S/C13H22N4O2S/c1-2-20(18,19)11-10-16-6-8-17(9-7-16)13-12(14)4-3-5-15-13/h3-5H,2,6-11,14H2,1H3. The first-order valence-electron chi connectivity index (χ1n) is 6.90. The molecular formula is C13H22N4O2S. The summed E-state index contributed by atoms with van der Waals surface area (Å²) in [7, 11) is -2.88. The van der Waals surface area contributed by atoms with Gasteiger partial charge in [0, 0.05) is 44.7 Å². The van der Waals surface area contributed by atoms with Crippen molar-refractivity contribution in [1.29, 1.82) is 0 Å². The van der Waals surface area contributed by atoms with Crippen molar-refractivity contribution >= 4 is 21.3 Å². The van der Waals surface area contributed by atoms with E-state index in [1.54, 1.807) is 13.1 Å². The molecular weight excluding hydrogens is 276 g/mol. The van der Waals surface area contributed by atoms with E-state index in [9.17, 15) is 8.42 Å². The van der Waals surface area contributed by atoms with Crippen LogP contribution in [0.5, 0.6) is 0 Å². The van der Waals surface area contributed by atoms with Crippen LogP contribution in [-0.2, 0) is 9.84 Å². The molecule has 1 fully saturated rings. The number of nitrogen functional groups attached to an aromatic ring is 1. The van der Waals surface area contributed by atoms with Crippen molar-refractivity contribution < 1.29 is 8.42 Å². The van der Waals surface area contributed by atoms with E-state index in [4.69, 9.17) is 5.73 Å². The minimum Gasteiger partial charge on any atom is -0.396 e. The van der Waals surface area contributed by atoms with Crippen LogP contribution in [0.4, 0.5) is 11.5 Å². The molecule has 1 aromatic rings. The number of nitrogens with two attached hydrogens (primary N) is 1. The molecule has 1 aromatic heterocycles. The van der Waals surface area contributed by atoms with Crippen LogP contribution in [-0.4, -0.2) is 62.5 Å². The highest BCUT2D eigenvalue weighted by molar-refractivity contribution is 7.91. The highest BCUT2D eigenvalue weighted by Crippen LogP contribution is 2.20. The number of piperazine rings is 1. The van der Waals surface area contributed by atoms with E-state index in [1.165, 1.54) is 0 Å². The number of anilines is 2. The number of rotatable bonds is 5. The quantitative estimate of drug-likeness (QED) is 0.838. The first kappa shape index (κ1) is 15.1. The van der Waals surface area contributed by atoms with Crippen LogP contribution in [0.2, 0.25) is 0 Å². The van der Waals surface area contributed by atoms with Crippen molar-refractivity contribution in [2.75, 3.05) is 54.9 Å². The fourth-order valence-corrected chi connectivity index (χ4v) is 3.09. The summed E-state index contributed by atoms with van der Waals surface area (Å²) in [4.78, 5) is 8.65. The van der Waals surface area contributed by atoms with Crippen LogP contribution < -0.4 is 10.6 Å². The van der Waals surface area contributed by atoms with Crippen molar-refractivity contribution in [3.8, 4) is 0 Å². The molecule has 2 N–H and O–H groups in total. The zero-order valence-electron chi connectivity index (χ0n) is 11.8. The van der Waals surface area contributed by atoms with Gasteiger partial charge in [0.2, 0.25) is 0 Å². The lowest BCUT2D eigenvalue weighted by molar-refractivity contribution is 0.271. The van der Waals surface area contributed by atoms with Crippen LogP contribution >= 0.6 is 0 Å². The molecule has 1 saturated heterocycles. The summed E-state index contributed by atoms with van der Waals surface area (Å²) in [6.07, 6.45) is 1.74. The van der Waals surface area contributed by atoms with Gasteiger partial charge in [0.15, 0.2) is 15.7 Å². The molecule has 0 bridgehead atoms. The van der Waals surface area contributed by atoms with E-state index < -0.39 is 9.84 Å². The molecule has 0 amide bonds. The smallest absolute Gasteiger partial charge is 0.151 e. The average molecular weight is 298 g/mol. The summed E-state index contributed by atoms with van der Waals surface area (Å²) in [6.45, 7) is 5.64. The summed E-state index contributed by atoms with van der Waals surface area (Å²) < 4.78 is 23.0. The second-order valence-electron chi connectivity index (χ2n) is 4.98. The van der Waals surface area contributed by atoms with Gasteiger partial charge in [0.25, 0.3) is 0 Å². The molecule has 0 saturated carbocycles. The molecule has 0 unspecified atom stereocenters. The number of aromatic nitrogens is 1. The monoisotopic (exact) mass is 298 g/mol. The normalized spacial score (nSPS) is 17.4. The van der Waals surface area contributed by atoms with Gasteiger partial charge in [-0.3, -0.25) is 4.90 Å². The Morgan fingerprint density at radius 1 is 1.30 bits per heavy atom. The molecule has 0 spiro atoms. The Labute approximate surface area is 120 Å². The maximum Gasteiger partial charge on any atom is 0.151 e. The van der Waals surface area contributed by atoms with Gasteiger partial charge in [0.1, 0.15) is 0 Å². The predicted molar refractivity (Wildman–Crippen MR) is 81.6 cm³/mol. The predicted octanol–water partition coefficient (Wildman–Crippen LogP) is 0.221. The number of hydrogen-bond donors (Lipinski definition) is 1. The van der Waals surface area contributed by atoms with Gasteiger partial charge in [-0.25, -0.2) is 13.4 Å². The van der Waals surface area contributed by atoms with Crippen molar-refractivity contribution in [3.63, 3.8) is 0 Å². The van der Waals surface area contributed by atoms with E-state index in [-0.39, 0.29) is 11.5 Å². The molecule has 6 nitrogen and oxygen atoms in total. The lowest BCUT2D eigenvalue weighted by Gasteiger charge is -2.35. The number of hydrogen-bond acceptors (Lipinski definition) is 6. The number of nitrogens with zero attached hydrogens (tertiary/aromatic N) is 3. The van der Waals surface area contributed by atoms with Gasteiger partial charge in [0.05, 0.1) is 11.4 Å². The lowest BCUT2D eigenvalue weighted by Crippen LogP contribution is -2.48. The largest absolute Gasteiger partial charge is 0.396 e. The molecule has 2 rings (SSSR count). The van der Waals surface area contributed by atoms with E-state index in [0.29, 0.717) is 12.2 Å². The van der Waals surface area contributed by atoms with Gasteiger partial charge in [-0.1, -0.05) is 6.92 Å². The van der Waals surface area contributed by atoms with E-state index in [1.807, 2.05) is 12.1 Å². The summed E-state index contributed by atoms with van der Waals surface area (Å²) >= 11 is 0. The summed E-state index contributed by atoms with van der Waals surface area (Å²) in [5.41, 5.74) is 6.61. The Balaban J connectivity index is 1.85. The Bertz CT molecular complexity index is 539. The van der Waals surface area contributed by atoms with Crippen LogP contribution in [0.15, 0.2) is 18.3 Å². The van der Waals surface area contributed by atoms with E-state index >= 15 is 0 Å². The molecule has 0 aliphatic carbocycles. The second kappa shape index (κ2) is 6.41.